The maximum atomic E-state index is 13.4. The van der Waals surface area contributed by atoms with Crippen molar-refractivity contribution in [1.82, 2.24) is 9.97 Å². The Morgan fingerprint density at radius 1 is 1.53 bits per heavy atom. The van der Waals surface area contributed by atoms with E-state index in [1.54, 1.807) is 0 Å². The van der Waals surface area contributed by atoms with Crippen molar-refractivity contribution < 1.29 is 9.50 Å². The minimum Gasteiger partial charge on any atom is -0.396 e. The van der Waals surface area contributed by atoms with Crippen molar-refractivity contribution in [3.05, 3.63) is 12.0 Å². The number of aliphatic hydroxyl groups is 1. The number of hydrogen-bond donors (Lipinski definition) is 4. The highest BCUT2D eigenvalue weighted by atomic mass is 19.1. The smallest absolute Gasteiger partial charge is 0.239 e. The molecule has 0 radical (unpaired) electrons. The molecule has 1 heterocycles. The van der Waals surface area contributed by atoms with Crippen LogP contribution in [-0.2, 0) is 0 Å². The van der Waals surface area contributed by atoms with Crippen molar-refractivity contribution in [3.63, 3.8) is 0 Å². The molecular weight excluding hydrogens is 225 g/mol. The van der Waals surface area contributed by atoms with Crippen LogP contribution in [-0.4, -0.2) is 28.2 Å². The first-order valence-corrected chi connectivity index (χ1v) is 5.32. The van der Waals surface area contributed by atoms with Gasteiger partial charge >= 0.3 is 0 Å². The van der Waals surface area contributed by atoms with E-state index in [1.165, 1.54) is 0 Å². The summed E-state index contributed by atoms with van der Waals surface area (Å²) in [6.45, 7) is 4.52. The summed E-state index contributed by atoms with van der Waals surface area (Å²) in [5.74, 6) is 4.85. The van der Waals surface area contributed by atoms with Gasteiger partial charge < -0.3 is 10.4 Å². The fourth-order valence-electron chi connectivity index (χ4n) is 1.27. The number of aliphatic hydroxyl groups excluding tert-OH is 1. The van der Waals surface area contributed by atoms with E-state index < -0.39 is 5.82 Å². The molecule has 0 amide bonds. The maximum Gasteiger partial charge on any atom is 0.239 e. The van der Waals surface area contributed by atoms with E-state index in [0.29, 0.717) is 13.0 Å². The van der Waals surface area contributed by atoms with E-state index >= 15 is 0 Å². The standard InChI is InChI=1S/C10H18FN5O/c1-10(2,3-4-17)6-14-8-7(11)5-13-9(15-8)16-12/h5,17H,3-4,6,12H2,1-2H3,(H2,13,14,15,16). The first-order valence-electron chi connectivity index (χ1n) is 5.32. The summed E-state index contributed by atoms with van der Waals surface area (Å²) in [6, 6.07) is 0. The number of halogens is 1. The summed E-state index contributed by atoms with van der Waals surface area (Å²) < 4.78 is 13.4. The third kappa shape index (κ3) is 4.12. The molecule has 0 fully saturated rings. The molecule has 1 rings (SSSR count). The molecule has 1 aromatic heterocycles. The van der Waals surface area contributed by atoms with Crippen LogP contribution in [0.2, 0.25) is 0 Å². The van der Waals surface area contributed by atoms with E-state index in [1.807, 2.05) is 13.8 Å². The van der Waals surface area contributed by atoms with Crippen LogP contribution in [0.25, 0.3) is 0 Å². The fraction of sp³-hybridized carbons (Fsp3) is 0.600. The Morgan fingerprint density at radius 2 is 2.24 bits per heavy atom. The van der Waals surface area contributed by atoms with E-state index in [-0.39, 0.29) is 23.8 Å². The molecule has 7 heteroatoms. The molecule has 0 saturated carbocycles. The normalized spacial score (nSPS) is 11.4. The quantitative estimate of drug-likeness (QED) is 0.434. The largest absolute Gasteiger partial charge is 0.396 e. The molecular formula is C10H18FN5O. The Labute approximate surface area is 99.4 Å². The lowest BCUT2D eigenvalue weighted by Crippen LogP contribution is -2.25. The third-order valence-electron chi connectivity index (χ3n) is 2.40. The minimum absolute atomic E-state index is 0.0938. The van der Waals surface area contributed by atoms with E-state index in [2.05, 4.69) is 20.7 Å². The topological polar surface area (TPSA) is 96.1 Å². The zero-order valence-electron chi connectivity index (χ0n) is 10.00. The molecule has 0 spiro atoms. The number of nitrogens with two attached hydrogens (primary N) is 1. The third-order valence-corrected chi connectivity index (χ3v) is 2.40. The van der Waals surface area contributed by atoms with Gasteiger partial charge in [-0.25, -0.2) is 15.2 Å². The molecule has 0 bridgehead atoms. The van der Waals surface area contributed by atoms with Gasteiger partial charge in [0.1, 0.15) is 0 Å². The van der Waals surface area contributed by atoms with Crippen LogP contribution in [0.4, 0.5) is 16.2 Å². The summed E-state index contributed by atoms with van der Waals surface area (Å²) in [5.41, 5.74) is 2.10. The number of hydrazine groups is 1. The van der Waals surface area contributed by atoms with Crippen molar-refractivity contribution in [1.29, 1.82) is 0 Å². The second-order valence-electron chi connectivity index (χ2n) is 4.53. The first-order chi connectivity index (χ1) is 7.98. The van der Waals surface area contributed by atoms with Crippen LogP contribution in [0, 0.1) is 11.2 Å². The van der Waals surface area contributed by atoms with Crippen LogP contribution >= 0.6 is 0 Å². The average Bonchev–Trinajstić information content (AvgIpc) is 2.28. The molecule has 0 unspecified atom stereocenters. The Kier molecular flexibility index (Phi) is 4.59. The molecule has 0 saturated heterocycles. The van der Waals surface area contributed by atoms with Crippen LogP contribution in [0.1, 0.15) is 20.3 Å². The number of rotatable bonds is 6. The van der Waals surface area contributed by atoms with Crippen molar-refractivity contribution in [3.8, 4) is 0 Å². The van der Waals surface area contributed by atoms with Crippen molar-refractivity contribution >= 4 is 11.8 Å². The molecule has 1 aromatic rings. The van der Waals surface area contributed by atoms with Gasteiger partial charge in [0, 0.05) is 13.2 Å². The van der Waals surface area contributed by atoms with Gasteiger partial charge in [-0.1, -0.05) is 13.8 Å². The second-order valence-corrected chi connectivity index (χ2v) is 4.53. The monoisotopic (exact) mass is 243 g/mol. The summed E-state index contributed by atoms with van der Waals surface area (Å²) in [5, 5.41) is 11.8. The number of anilines is 2. The van der Waals surface area contributed by atoms with Gasteiger partial charge in [-0.3, -0.25) is 5.43 Å². The zero-order chi connectivity index (χ0) is 12.9. The SMILES string of the molecule is CC(C)(CCO)CNc1nc(NN)ncc1F. The molecule has 6 nitrogen and oxygen atoms in total. The predicted octanol–water partition coefficient (Wildman–Crippen LogP) is 0.722. The Hall–Kier alpha value is -1.47. The van der Waals surface area contributed by atoms with Crippen molar-refractivity contribution in [2.24, 2.45) is 11.3 Å². The Bertz CT molecular complexity index is 372. The summed E-state index contributed by atoms with van der Waals surface area (Å²) in [7, 11) is 0. The van der Waals surface area contributed by atoms with Crippen LogP contribution in [0.3, 0.4) is 0 Å². The number of nitrogens with zero attached hydrogens (tertiary/aromatic N) is 2. The molecule has 17 heavy (non-hydrogen) atoms. The molecule has 0 aliphatic carbocycles. The number of nitrogen functional groups attached to an aromatic ring is 1. The van der Waals surface area contributed by atoms with Crippen LogP contribution in [0.15, 0.2) is 6.20 Å². The molecule has 0 aliphatic rings. The lowest BCUT2D eigenvalue weighted by Gasteiger charge is -2.24. The summed E-state index contributed by atoms with van der Waals surface area (Å²) in [6.07, 6.45) is 1.66. The van der Waals surface area contributed by atoms with Crippen molar-refractivity contribution in [2.75, 3.05) is 23.9 Å². The zero-order valence-corrected chi connectivity index (χ0v) is 10.00. The second kappa shape index (κ2) is 5.74. The summed E-state index contributed by atoms with van der Waals surface area (Å²) >= 11 is 0. The van der Waals surface area contributed by atoms with Gasteiger partial charge in [-0.15, -0.1) is 0 Å². The number of nitrogens with one attached hydrogen (secondary N) is 2. The highest BCUT2D eigenvalue weighted by molar-refractivity contribution is 5.40. The molecule has 5 N–H and O–H groups in total. The predicted molar refractivity (Wildman–Crippen MR) is 63.8 cm³/mol. The van der Waals surface area contributed by atoms with Gasteiger partial charge in [0.25, 0.3) is 0 Å². The van der Waals surface area contributed by atoms with E-state index in [4.69, 9.17) is 10.9 Å². The minimum atomic E-state index is -0.538. The highest BCUT2D eigenvalue weighted by Crippen LogP contribution is 2.21. The van der Waals surface area contributed by atoms with Crippen LogP contribution in [0.5, 0.6) is 0 Å². The van der Waals surface area contributed by atoms with Crippen molar-refractivity contribution in [2.45, 2.75) is 20.3 Å². The molecule has 0 atom stereocenters. The Morgan fingerprint density at radius 3 is 2.82 bits per heavy atom. The van der Waals surface area contributed by atoms with Crippen LogP contribution < -0.4 is 16.6 Å². The van der Waals surface area contributed by atoms with E-state index in [9.17, 15) is 4.39 Å². The maximum absolute atomic E-state index is 13.4. The molecule has 0 aromatic carbocycles. The van der Waals surface area contributed by atoms with Gasteiger partial charge in [-0.2, -0.15) is 4.98 Å². The Balaban J connectivity index is 2.68. The molecule has 96 valence electrons. The van der Waals surface area contributed by atoms with E-state index in [0.717, 1.165) is 6.20 Å². The number of hydrogen-bond acceptors (Lipinski definition) is 6. The van der Waals surface area contributed by atoms with Gasteiger partial charge in [0.15, 0.2) is 11.6 Å². The molecule has 0 aliphatic heterocycles. The first kappa shape index (κ1) is 13.6. The lowest BCUT2D eigenvalue weighted by atomic mass is 9.90. The lowest BCUT2D eigenvalue weighted by molar-refractivity contribution is 0.220. The van der Waals surface area contributed by atoms with Gasteiger partial charge in [0.2, 0.25) is 5.95 Å². The number of aromatic nitrogens is 2. The highest BCUT2D eigenvalue weighted by Gasteiger charge is 2.18. The fourth-order valence-corrected chi connectivity index (χ4v) is 1.27. The average molecular weight is 243 g/mol. The van der Waals surface area contributed by atoms with Gasteiger partial charge in [0.05, 0.1) is 6.20 Å². The van der Waals surface area contributed by atoms with Gasteiger partial charge in [-0.05, 0) is 11.8 Å². The summed E-state index contributed by atoms with van der Waals surface area (Å²) in [4.78, 5) is 7.49.